The summed E-state index contributed by atoms with van der Waals surface area (Å²) in [5.74, 6) is -0.775. The highest BCUT2D eigenvalue weighted by Crippen LogP contribution is 2.39. The van der Waals surface area contributed by atoms with Crippen LogP contribution in [0.2, 0.25) is 5.02 Å². The summed E-state index contributed by atoms with van der Waals surface area (Å²) in [6.45, 7) is 5.01. The van der Waals surface area contributed by atoms with Crippen molar-refractivity contribution in [2.45, 2.75) is 12.8 Å². The molecule has 1 aliphatic heterocycles. The number of carbonyl (C=O) groups excluding carboxylic acids is 1. The van der Waals surface area contributed by atoms with Gasteiger partial charge in [0.25, 0.3) is 5.91 Å². The topological polar surface area (TPSA) is 58.6 Å². The molecule has 0 N–H and O–H groups in total. The molecule has 6 nitrogen and oxygen atoms in total. The molecule has 1 fully saturated rings. The highest BCUT2D eigenvalue weighted by Gasteiger charge is 2.28. The molecule has 2 aromatic carbocycles. The number of aromatic nitrogens is 2. The van der Waals surface area contributed by atoms with E-state index in [2.05, 4.69) is 45.7 Å². The molecule has 174 valence electrons. The normalized spacial score (nSPS) is 15.7. The lowest BCUT2D eigenvalue weighted by Gasteiger charge is -2.36. The average Bonchev–Trinajstić information content (AvgIpc) is 2.87. The van der Waals surface area contributed by atoms with E-state index >= 15 is 0 Å². The van der Waals surface area contributed by atoms with Crippen LogP contribution in [-0.2, 0) is 11.2 Å². The Morgan fingerprint density at radius 1 is 1.09 bits per heavy atom. The summed E-state index contributed by atoms with van der Waals surface area (Å²) in [5, 5.41) is 2.86. The van der Waals surface area contributed by atoms with E-state index in [1.807, 2.05) is 18.2 Å². The molecular weight excluding hydrogens is 455 g/mol. The Morgan fingerprint density at radius 3 is 2.53 bits per heavy atom. The Morgan fingerprint density at radius 2 is 1.82 bits per heavy atom. The van der Waals surface area contributed by atoms with Gasteiger partial charge < -0.3 is 14.5 Å². The minimum Gasteiger partial charge on any atom is -0.467 e. The lowest BCUT2D eigenvalue weighted by molar-refractivity contribution is -0.128. The fourth-order valence-electron chi connectivity index (χ4n) is 4.75. The third kappa shape index (κ3) is 4.01. The van der Waals surface area contributed by atoms with Gasteiger partial charge in [-0.15, -0.1) is 0 Å². The lowest BCUT2D eigenvalue weighted by Crippen LogP contribution is -2.49. The molecule has 0 radical (unpaired) electrons. The van der Waals surface area contributed by atoms with Gasteiger partial charge in [0.1, 0.15) is 5.82 Å². The number of methoxy groups -OCH3 is 1. The first-order valence-electron chi connectivity index (χ1n) is 11.2. The molecule has 2 aliphatic rings. The molecule has 0 atom stereocenters. The highest BCUT2D eigenvalue weighted by atomic mass is 35.5. The largest absolute Gasteiger partial charge is 0.467 e. The molecule has 3 aromatic rings. The monoisotopic (exact) mass is 478 g/mol. The van der Waals surface area contributed by atoms with E-state index in [0.717, 1.165) is 56.8 Å². The standard InChI is InChI=1S/C26H24ClFN4O2/c1-16(28)25(33)32-13-11-31(12-14-32)24-20-10-9-18(15-22(20)29-26(30-24)34-2)19-7-3-5-17-6-4-8-21(27)23(17)19/h3-8,15H,1,9-14H2,2H3. The van der Waals surface area contributed by atoms with Gasteiger partial charge in [0.2, 0.25) is 0 Å². The number of halogens is 2. The Bertz CT molecular complexity index is 1330. The van der Waals surface area contributed by atoms with Crippen LogP contribution in [0.3, 0.4) is 0 Å². The SMILES string of the molecule is C=C(F)C(=O)N1CCN(c2nc(OC)nc3c2CCC(c2cccc4cccc(Cl)c24)=C3)CC1. The van der Waals surface area contributed by atoms with Gasteiger partial charge in [0.15, 0.2) is 5.83 Å². The van der Waals surface area contributed by atoms with E-state index < -0.39 is 11.7 Å². The number of ether oxygens (including phenoxy) is 1. The predicted molar refractivity (Wildman–Crippen MR) is 133 cm³/mol. The smallest absolute Gasteiger partial charge is 0.318 e. The molecule has 0 saturated carbocycles. The van der Waals surface area contributed by atoms with Gasteiger partial charge >= 0.3 is 6.01 Å². The number of piperazine rings is 1. The molecule has 1 aliphatic carbocycles. The van der Waals surface area contributed by atoms with Crippen molar-refractivity contribution in [3.05, 3.63) is 70.6 Å². The van der Waals surface area contributed by atoms with Crippen LogP contribution in [0.15, 0.2) is 48.8 Å². The van der Waals surface area contributed by atoms with E-state index in [-0.39, 0.29) is 6.01 Å². The molecular formula is C26H24ClFN4O2. The molecule has 34 heavy (non-hydrogen) atoms. The van der Waals surface area contributed by atoms with Crippen molar-refractivity contribution in [2.75, 3.05) is 38.2 Å². The first-order chi connectivity index (χ1) is 16.5. The third-order valence-electron chi connectivity index (χ3n) is 6.43. The van der Waals surface area contributed by atoms with E-state index in [9.17, 15) is 9.18 Å². The highest BCUT2D eigenvalue weighted by molar-refractivity contribution is 6.36. The van der Waals surface area contributed by atoms with Gasteiger partial charge in [-0.05, 0) is 41.5 Å². The van der Waals surface area contributed by atoms with Crippen LogP contribution in [0.5, 0.6) is 6.01 Å². The van der Waals surface area contributed by atoms with Crippen molar-refractivity contribution in [2.24, 2.45) is 0 Å². The van der Waals surface area contributed by atoms with Gasteiger partial charge in [-0.2, -0.15) is 9.97 Å². The summed E-state index contributed by atoms with van der Waals surface area (Å²) in [7, 11) is 1.55. The average molecular weight is 479 g/mol. The summed E-state index contributed by atoms with van der Waals surface area (Å²) >= 11 is 6.57. The second kappa shape index (κ2) is 9.06. The summed E-state index contributed by atoms with van der Waals surface area (Å²) in [5.41, 5.74) is 4.13. The van der Waals surface area contributed by atoms with Crippen molar-refractivity contribution in [3.63, 3.8) is 0 Å². The van der Waals surface area contributed by atoms with Crippen molar-refractivity contribution in [3.8, 4) is 6.01 Å². The minimum absolute atomic E-state index is 0.290. The maximum absolute atomic E-state index is 13.3. The van der Waals surface area contributed by atoms with Gasteiger partial charge in [-0.1, -0.05) is 48.5 Å². The number of anilines is 1. The molecule has 8 heteroatoms. The number of hydrogen-bond acceptors (Lipinski definition) is 5. The molecule has 1 amide bonds. The number of nitrogens with zero attached hydrogens (tertiary/aromatic N) is 4. The molecule has 5 rings (SSSR count). The Kier molecular flexibility index (Phi) is 5.96. The Labute approximate surface area is 202 Å². The number of amides is 1. The van der Waals surface area contributed by atoms with Crippen molar-refractivity contribution < 1.29 is 13.9 Å². The number of rotatable bonds is 4. The van der Waals surface area contributed by atoms with Crippen molar-refractivity contribution >= 4 is 45.7 Å². The first kappa shape index (κ1) is 22.3. The van der Waals surface area contributed by atoms with Crippen LogP contribution in [0.4, 0.5) is 10.2 Å². The maximum Gasteiger partial charge on any atom is 0.318 e. The number of carbonyl (C=O) groups is 1. The van der Waals surface area contributed by atoms with Crippen LogP contribution >= 0.6 is 11.6 Å². The summed E-state index contributed by atoms with van der Waals surface area (Å²) in [4.78, 5) is 24.8. The van der Waals surface area contributed by atoms with Gasteiger partial charge in [0.05, 0.1) is 12.8 Å². The number of fused-ring (bicyclic) bond motifs is 2. The van der Waals surface area contributed by atoms with E-state index in [4.69, 9.17) is 16.3 Å². The van der Waals surface area contributed by atoms with Gasteiger partial charge in [0, 0.05) is 42.2 Å². The number of hydrogen-bond donors (Lipinski definition) is 0. The summed E-state index contributed by atoms with van der Waals surface area (Å²) in [6, 6.07) is 12.4. The van der Waals surface area contributed by atoms with Crippen molar-refractivity contribution in [1.82, 2.24) is 14.9 Å². The molecule has 1 saturated heterocycles. The summed E-state index contributed by atoms with van der Waals surface area (Å²) in [6.07, 6.45) is 3.68. The quantitative estimate of drug-likeness (QED) is 0.499. The molecule has 0 unspecified atom stereocenters. The maximum atomic E-state index is 13.3. The fourth-order valence-corrected chi connectivity index (χ4v) is 5.03. The van der Waals surface area contributed by atoms with Crippen LogP contribution in [0, 0.1) is 0 Å². The van der Waals surface area contributed by atoms with E-state index in [0.29, 0.717) is 26.2 Å². The molecule has 1 aromatic heterocycles. The lowest BCUT2D eigenvalue weighted by atomic mass is 9.88. The van der Waals surface area contributed by atoms with Crippen molar-refractivity contribution in [1.29, 1.82) is 0 Å². The number of allylic oxidation sites excluding steroid dienone is 1. The van der Waals surface area contributed by atoms with Crippen LogP contribution < -0.4 is 9.64 Å². The van der Waals surface area contributed by atoms with E-state index in [1.54, 1.807) is 7.11 Å². The van der Waals surface area contributed by atoms with Gasteiger partial charge in [-0.25, -0.2) is 4.39 Å². The van der Waals surface area contributed by atoms with Crippen LogP contribution in [-0.4, -0.2) is 54.1 Å². The second-order valence-electron chi connectivity index (χ2n) is 8.39. The number of benzene rings is 2. The molecule has 0 bridgehead atoms. The molecule has 0 spiro atoms. The Balaban J connectivity index is 1.51. The summed E-state index contributed by atoms with van der Waals surface area (Å²) < 4.78 is 18.7. The Hall–Kier alpha value is -3.45. The zero-order valence-electron chi connectivity index (χ0n) is 18.9. The second-order valence-corrected chi connectivity index (χ2v) is 8.80. The molecule has 2 heterocycles. The zero-order valence-corrected chi connectivity index (χ0v) is 19.6. The third-order valence-corrected chi connectivity index (χ3v) is 6.75. The van der Waals surface area contributed by atoms with Crippen LogP contribution in [0.25, 0.3) is 22.4 Å². The minimum atomic E-state index is -0.930. The van der Waals surface area contributed by atoms with Gasteiger partial charge in [-0.3, -0.25) is 4.79 Å². The van der Waals surface area contributed by atoms with Crippen LogP contribution in [0.1, 0.15) is 23.2 Å². The zero-order chi connectivity index (χ0) is 23.8. The predicted octanol–water partition coefficient (Wildman–Crippen LogP) is 4.91. The fraction of sp³-hybridized carbons (Fsp3) is 0.269. The first-order valence-corrected chi connectivity index (χ1v) is 11.6. The van der Waals surface area contributed by atoms with E-state index in [1.165, 1.54) is 4.90 Å².